The van der Waals surface area contributed by atoms with Gasteiger partial charge in [-0.3, -0.25) is 0 Å². The van der Waals surface area contributed by atoms with Gasteiger partial charge in [-0.2, -0.15) is 0 Å². The number of nitrogens with zero attached hydrogens (tertiary/aromatic N) is 3. The minimum absolute atomic E-state index is 0.398. The van der Waals surface area contributed by atoms with Gasteiger partial charge >= 0.3 is 0 Å². The number of hydrazine groups is 1. The lowest BCUT2D eigenvalue weighted by molar-refractivity contribution is 0.198. The Hall–Kier alpha value is -1.36. The van der Waals surface area contributed by atoms with E-state index in [2.05, 4.69) is 43.0 Å². The first kappa shape index (κ1) is 16.0. The lowest BCUT2D eigenvalue weighted by Crippen LogP contribution is -2.38. The number of piperidine rings is 1. The quantitative estimate of drug-likeness (QED) is 0.659. The highest BCUT2D eigenvalue weighted by Crippen LogP contribution is 2.35. The van der Waals surface area contributed by atoms with Crippen LogP contribution in [-0.2, 0) is 6.42 Å². The maximum absolute atomic E-state index is 5.53. The van der Waals surface area contributed by atoms with Gasteiger partial charge in [0.05, 0.1) is 0 Å². The van der Waals surface area contributed by atoms with E-state index >= 15 is 0 Å². The average Bonchev–Trinajstić information content (AvgIpc) is 2.46. The molecule has 0 bridgehead atoms. The normalized spacial score (nSPS) is 17.1. The number of aryl methyl sites for hydroxylation is 1. The number of hydrogen-bond donors (Lipinski definition) is 2. The third kappa shape index (κ3) is 4.06. The molecule has 2 heterocycles. The van der Waals surface area contributed by atoms with Crippen LogP contribution < -0.4 is 16.2 Å². The Bertz CT molecular complexity index is 458. The minimum atomic E-state index is 0.398. The first-order valence-electron chi connectivity index (χ1n) is 8.03. The van der Waals surface area contributed by atoms with E-state index in [1.807, 2.05) is 6.07 Å². The lowest BCUT2D eigenvalue weighted by Gasteiger charge is -2.39. The molecule has 0 unspecified atom stereocenters. The summed E-state index contributed by atoms with van der Waals surface area (Å²) in [4.78, 5) is 11.5. The van der Waals surface area contributed by atoms with Crippen molar-refractivity contribution in [3.8, 4) is 0 Å². The number of aromatic nitrogens is 2. The van der Waals surface area contributed by atoms with Crippen molar-refractivity contribution < 1.29 is 0 Å². The van der Waals surface area contributed by atoms with Crippen LogP contribution in [0.15, 0.2) is 6.07 Å². The summed E-state index contributed by atoms with van der Waals surface area (Å²) >= 11 is 0. The van der Waals surface area contributed by atoms with Crippen molar-refractivity contribution in [3.63, 3.8) is 0 Å². The van der Waals surface area contributed by atoms with Crippen molar-refractivity contribution in [3.05, 3.63) is 11.9 Å². The van der Waals surface area contributed by atoms with Gasteiger partial charge in [0.1, 0.15) is 17.5 Å². The number of anilines is 2. The van der Waals surface area contributed by atoms with Crippen molar-refractivity contribution in [1.29, 1.82) is 0 Å². The molecule has 0 spiro atoms. The molecule has 0 saturated carbocycles. The zero-order valence-corrected chi connectivity index (χ0v) is 13.8. The van der Waals surface area contributed by atoms with Gasteiger partial charge in [-0.1, -0.05) is 27.7 Å². The van der Waals surface area contributed by atoms with Crippen LogP contribution in [0.4, 0.5) is 11.6 Å². The van der Waals surface area contributed by atoms with Gasteiger partial charge in [-0.05, 0) is 30.6 Å². The molecule has 1 aromatic heterocycles. The van der Waals surface area contributed by atoms with Crippen LogP contribution in [0.2, 0.25) is 0 Å². The fourth-order valence-electron chi connectivity index (χ4n) is 3.03. The van der Waals surface area contributed by atoms with Crippen LogP contribution in [0.5, 0.6) is 0 Å². The molecule has 1 fully saturated rings. The molecule has 0 aliphatic carbocycles. The SMILES string of the molecule is CCCc1nc(NN)cc(N2CCC(C(C)(C)C)CC2)n1. The van der Waals surface area contributed by atoms with Crippen LogP contribution in [0.25, 0.3) is 0 Å². The van der Waals surface area contributed by atoms with E-state index in [9.17, 15) is 0 Å². The van der Waals surface area contributed by atoms with Gasteiger partial charge in [-0.15, -0.1) is 0 Å². The summed E-state index contributed by atoms with van der Waals surface area (Å²) < 4.78 is 0. The van der Waals surface area contributed by atoms with Crippen LogP contribution >= 0.6 is 0 Å². The second kappa shape index (κ2) is 6.60. The number of nitrogen functional groups attached to an aromatic ring is 1. The van der Waals surface area contributed by atoms with E-state index in [-0.39, 0.29) is 0 Å². The highest BCUT2D eigenvalue weighted by molar-refractivity contribution is 5.49. The summed E-state index contributed by atoms with van der Waals surface area (Å²) in [6.07, 6.45) is 4.38. The second-order valence-corrected chi connectivity index (χ2v) is 7.05. The summed E-state index contributed by atoms with van der Waals surface area (Å²) in [6.45, 7) is 11.3. The van der Waals surface area contributed by atoms with Crippen molar-refractivity contribution in [2.24, 2.45) is 17.2 Å². The molecule has 0 radical (unpaired) electrons. The molecule has 21 heavy (non-hydrogen) atoms. The van der Waals surface area contributed by atoms with Gasteiger partial charge in [0.15, 0.2) is 0 Å². The first-order valence-corrected chi connectivity index (χ1v) is 8.03. The van der Waals surface area contributed by atoms with E-state index < -0.39 is 0 Å². The van der Waals surface area contributed by atoms with Gasteiger partial charge < -0.3 is 10.3 Å². The zero-order chi connectivity index (χ0) is 15.5. The molecule has 1 aliphatic rings. The van der Waals surface area contributed by atoms with E-state index in [0.717, 1.165) is 43.5 Å². The molecule has 1 saturated heterocycles. The van der Waals surface area contributed by atoms with Crippen molar-refractivity contribution in [2.45, 2.75) is 53.4 Å². The Morgan fingerprint density at radius 3 is 2.48 bits per heavy atom. The highest BCUT2D eigenvalue weighted by Gasteiger charge is 2.29. The Kier molecular flexibility index (Phi) is 5.04. The third-order valence-corrected chi connectivity index (χ3v) is 4.42. The van der Waals surface area contributed by atoms with Crippen LogP contribution in [0, 0.1) is 11.3 Å². The Balaban J connectivity index is 2.10. The van der Waals surface area contributed by atoms with Gasteiger partial charge in [-0.25, -0.2) is 15.8 Å². The van der Waals surface area contributed by atoms with Crippen molar-refractivity contribution in [2.75, 3.05) is 23.4 Å². The summed E-state index contributed by atoms with van der Waals surface area (Å²) in [6, 6.07) is 1.95. The number of nitrogens with two attached hydrogens (primary N) is 1. The lowest BCUT2D eigenvalue weighted by atomic mass is 9.75. The van der Waals surface area contributed by atoms with Gasteiger partial charge in [0, 0.05) is 25.6 Å². The number of hydrogen-bond acceptors (Lipinski definition) is 5. The third-order valence-electron chi connectivity index (χ3n) is 4.42. The largest absolute Gasteiger partial charge is 0.356 e. The van der Waals surface area contributed by atoms with E-state index in [1.165, 1.54) is 12.8 Å². The molecular formula is C16H29N5. The molecule has 0 amide bonds. The Morgan fingerprint density at radius 2 is 1.95 bits per heavy atom. The highest BCUT2D eigenvalue weighted by atomic mass is 15.3. The number of rotatable bonds is 4. The molecule has 118 valence electrons. The molecule has 3 N–H and O–H groups in total. The van der Waals surface area contributed by atoms with Crippen molar-refractivity contribution in [1.82, 2.24) is 9.97 Å². The molecule has 0 atom stereocenters. The molecule has 0 aromatic carbocycles. The molecule has 1 aliphatic heterocycles. The minimum Gasteiger partial charge on any atom is -0.356 e. The number of nitrogens with one attached hydrogen (secondary N) is 1. The summed E-state index contributed by atoms with van der Waals surface area (Å²) in [5.74, 6) is 8.92. The van der Waals surface area contributed by atoms with E-state index in [0.29, 0.717) is 11.2 Å². The maximum Gasteiger partial charge on any atom is 0.145 e. The zero-order valence-electron chi connectivity index (χ0n) is 13.8. The average molecular weight is 291 g/mol. The second-order valence-electron chi connectivity index (χ2n) is 7.05. The van der Waals surface area contributed by atoms with Gasteiger partial charge in [0.25, 0.3) is 0 Å². The Labute approximate surface area is 128 Å². The smallest absolute Gasteiger partial charge is 0.145 e. The van der Waals surface area contributed by atoms with Crippen LogP contribution in [0.3, 0.4) is 0 Å². The van der Waals surface area contributed by atoms with Crippen LogP contribution in [-0.4, -0.2) is 23.1 Å². The van der Waals surface area contributed by atoms with Crippen LogP contribution in [0.1, 0.15) is 52.8 Å². The summed E-state index contributed by atoms with van der Waals surface area (Å²) in [5, 5.41) is 0. The van der Waals surface area contributed by atoms with E-state index in [4.69, 9.17) is 10.8 Å². The predicted octanol–water partition coefficient (Wildman–Crippen LogP) is 2.98. The fourth-order valence-corrected chi connectivity index (χ4v) is 3.03. The first-order chi connectivity index (χ1) is 9.94. The molecule has 5 nitrogen and oxygen atoms in total. The summed E-state index contributed by atoms with van der Waals surface area (Å²) in [7, 11) is 0. The van der Waals surface area contributed by atoms with Crippen molar-refractivity contribution >= 4 is 11.6 Å². The fraction of sp³-hybridized carbons (Fsp3) is 0.750. The summed E-state index contributed by atoms with van der Waals surface area (Å²) in [5.41, 5.74) is 3.06. The maximum atomic E-state index is 5.53. The molecular weight excluding hydrogens is 262 g/mol. The predicted molar refractivity (Wildman–Crippen MR) is 88.2 cm³/mol. The van der Waals surface area contributed by atoms with Gasteiger partial charge in [0.2, 0.25) is 0 Å². The Morgan fingerprint density at radius 1 is 1.29 bits per heavy atom. The topological polar surface area (TPSA) is 67.1 Å². The monoisotopic (exact) mass is 291 g/mol. The molecule has 1 aromatic rings. The standard InChI is InChI=1S/C16H29N5/c1-5-6-13-18-14(20-17)11-15(19-13)21-9-7-12(8-10-21)16(2,3)4/h11-12H,5-10,17H2,1-4H3,(H,18,19,20). The van der Waals surface area contributed by atoms with E-state index in [1.54, 1.807) is 0 Å². The molecule has 5 heteroatoms. The molecule has 2 rings (SSSR count).